The van der Waals surface area contributed by atoms with Crippen molar-refractivity contribution in [3.63, 3.8) is 0 Å². The predicted octanol–water partition coefficient (Wildman–Crippen LogP) is 4.50. The Labute approximate surface area is 192 Å². The van der Waals surface area contributed by atoms with E-state index in [1.807, 2.05) is 18.9 Å². The van der Waals surface area contributed by atoms with Gasteiger partial charge in [0, 0.05) is 24.7 Å². The number of aromatic nitrogens is 2. The van der Waals surface area contributed by atoms with Gasteiger partial charge in [0.25, 0.3) is 5.56 Å². The van der Waals surface area contributed by atoms with E-state index < -0.39 is 0 Å². The number of thioether (sulfide) groups is 1. The van der Waals surface area contributed by atoms with E-state index in [0.717, 1.165) is 32.3 Å². The van der Waals surface area contributed by atoms with E-state index in [-0.39, 0.29) is 22.8 Å². The molecule has 1 aliphatic heterocycles. The van der Waals surface area contributed by atoms with Crippen LogP contribution in [0.5, 0.6) is 0 Å². The van der Waals surface area contributed by atoms with E-state index in [1.165, 1.54) is 31.0 Å². The van der Waals surface area contributed by atoms with Gasteiger partial charge in [-0.2, -0.15) is 0 Å². The topological polar surface area (TPSA) is 64.4 Å². The fourth-order valence-electron chi connectivity index (χ4n) is 4.56. The number of carbonyl (C=O) groups is 1. The molecule has 0 bridgehead atoms. The third-order valence-corrected chi connectivity index (χ3v) is 7.71. The third kappa shape index (κ3) is 5.10. The number of carbonyl (C=O) groups excluding carboxylic acids is 1. The van der Waals surface area contributed by atoms with Gasteiger partial charge >= 0.3 is 0 Å². The molecule has 168 valence electrons. The Balaban J connectivity index is 1.62. The normalized spacial score (nSPS) is 20.8. The number of hydrogen-bond donors (Lipinski definition) is 0. The summed E-state index contributed by atoms with van der Waals surface area (Å²) in [6.07, 6.45) is 7.66. The van der Waals surface area contributed by atoms with Crippen LogP contribution in [0, 0.1) is 0 Å². The van der Waals surface area contributed by atoms with Gasteiger partial charge in [-0.25, -0.2) is 4.98 Å². The molecule has 2 aromatic rings. The lowest BCUT2D eigenvalue weighted by Gasteiger charge is -2.32. The van der Waals surface area contributed by atoms with Crippen LogP contribution in [0.4, 0.5) is 0 Å². The Hall–Kier alpha value is -1.57. The fraction of sp³-hybridized carbons (Fsp3) is 0.609. The summed E-state index contributed by atoms with van der Waals surface area (Å²) in [5.41, 5.74) is 0.448. The molecule has 0 unspecified atom stereocenters. The van der Waals surface area contributed by atoms with Crippen molar-refractivity contribution in [2.45, 2.75) is 81.0 Å². The molecule has 1 saturated heterocycles. The van der Waals surface area contributed by atoms with Crippen LogP contribution in [0.1, 0.15) is 51.9 Å². The lowest BCUT2D eigenvalue weighted by molar-refractivity contribution is -0.131. The minimum Gasteiger partial charge on any atom is -0.376 e. The molecular weight excluding hydrogens is 434 g/mol. The molecule has 0 N–H and O–H groups in total. The third-order valence-electron chi connectivity index (χ3n) is 6.39. The molecular formula is C23H30ClN3O3S. The highest BCUT2D eigenvalue weighted by Crippen LogP contribution is 2.28. The first-order valence-corrected chi connectivity index (χ1v) is 12.4. The maximum atomic E-state index is 13.3. The summed E-state index contributed by atoms with van der Waals surface area (Å²) in [4.78, 5) is 33.1. The van der Waals surface area contributed by atoms with Crippen molar-refractivity contribution in [2.24, 2.45) is 0 Å². The second kappa shape index (κ2) is 9.92. The molecule has 1 amide bonds. The second-order valence-corrected chi connectivity index (χ2v) is 10.4. The van der Waals surface area contributed by atoms with Crippen molar-refractivity contribution in [2.75, 3.05) is 13.7 Å². The van der Waals surface area contributed by atoms with Gasteiger partial charge in [0.15, 0.2) is 5.16 Å². The van der Waals surface area contributed by atoms with Crippen molar-refractivity contribution in [3.05, 3.63) is 33.6 Å². The van der Waals surface area contributed by atoms with Crippen LogP contribution in [0.15, 0.2) is 28.2 Å². The monoisotopic (exact) mass is 463 g/mol. The minimum absolute atomic E-state index is 0.000444. The van der Waals surface area contributed by atoms with Gasteiger partial charge in [0.1, 0.15) is 0 Å². The highest BCUT2D eigenvalue weighted by Gasteiger charge is 2.28. The number of hydrogen-bond acceptors (Lipinski definition) is 5. The SMILES string of the molecule is C[C@@H](Sc1nc2cc(Cl)ccc2c(=O)n1C[C@H]1CCCO1)C(=O)N(C)C1CCCCC1. The van der Waals surface area contributed by atoms with E-state index >= 15 is 0 Å². The van der Waals surface area contributed by atoms with Gasteiger partial charge in [-0.05, 0) is 50.8 Å². The van der Waals surface area contributed by atoms with Crippen LogP contribution in [-0.4, -0.2) is 51.4 Å². The standard InChI is InChI=1S/C23H30ClN3O3S/c1-15(21(28)26(2)17-7-4-3-5-8-17)31-23-25-20-13-16(24)10-11-19(20)22(29)27(23)14-18-9-6-12-30-18/h10-11,13,15,17-18H,3-9,12,14H2,1-2H3/t15-,18-/m1/s1. The molecule has 1 aliphatic carbocycles. The molecule has 0 spiro atoms. The smallest absolute Gasteiger partial charge is 0.262 e. The first-order valence-electron chi connectivity index (χ1n) is 11.2. The second-order valence-electron chi connectivity index (χ2n) is 8.61. The van der Waals surface area contributed by atoms with Crippen LogP contribution < -0.4 is 5.56 Å². The first kappa shape index (κ1) is 22.6. The van der Waals surface area contributed by atoms with E-state index in [2.05, 4.69) is 0 Å². The summed E-state index contributed by atoms with van der Waals surface area (Å²) < 4.78 is 7.46. The van der Waals surface area contributed by atoms with Gasteiger partial charge in [0.2, 0.25) is 5.91 Å². The summed E-state index contributed by atoms with van der Waals surface area (Å²) in [7, 11) is 1.91. The van der Waals surface area contributed by atoms with E-state index in [4.69, 9.17) is 21.3 Å². The fourth-order valence-corrected chi connectivity index (χ4v) is 5.75. The van der Waals surface area contributed by atoms with Crippen molar-refractivity contribution < 1.29 is 9.53 Å². The van der Waals surface area contributed by atoms with E-state index in [9.17, 15) is 9.59 Å². The van der Waals surface area contributed by atoms with Crippen molar-refractivity contribution in [1.29, 1.82) is 0 Å². The van der Waals surface area contributed by atoms with Crippen molar-refractivity contribution in [3.8, 4) is 0 Å². The maximum absolute atomic E-state index is 13.3. The Morgan fingerprint density at radius 2 is 2.06 bits per heavy atom. The maximum Gasteiger partial charge on any atom is 0.262 e. The zero-order valence-electron chi connectivity index (χ0n) is 18.2. The quantitative estimate of drug-likeness (QED) is 0.466. The van der Waals surface area contributed by atoms with E-state index in [0.29, 0.717) is 33.7 Å². The zero-order chi connectivity index (χ0) is 22.0. The highest BCUT2D eigenvalue weighted by atomic mass is 35.5. The molecule has 31 heavy (non-hydrogen) atoms. The predicted molar refractivity (Wildman–Crippen MR) is 125 cm³/mol. The molecule has 4 rings (SSSR count). The number of amides is 1. The lowest BCUT2D eigenvalue weighted by Crippen LogP contribution is -2.42. The molecule has 8 heteroatoms. The summed E-state index contributed by atoms with van der Waals surface area (Å²) in [6, 6.07) is 5.45. The number of rotatable bonds is 6. The van der Waals surface area contributed by atoms with Crippen molar-refractivity contribution >= 4 is 40.2 Å². The molecule has 2 atom stereocenters. The number of ether oxygens (including phenoxy) is 1. The number of nitrogens with zero attached hydrogens (tertiary/aromatic N) is 3. The average Bonchev–Trinajstić information content (AvgIpc) is 3.29. The van der Waals surface area contributed by atoms with Crippen LogP contribution in [0.2, 0.25) is 5.02 Å². The molecule has 2 fully saturated rings. The Kier molecular flexibility index (Phi) is 7.24. The van der Waals surface area contributed by atoms with Crippen LogP contribution >= 0.6 is 23.4 Å². The summed E-state index contributed by atoms with van der Waals surface area (Å²) in [5.74, 6) is 0.0843. The molecule has 1 aromatic heterocycles. The molecule has 1 saturated carbocycles. The van der Waals surface area contributed by atoms with Gasteiger partial charge in [-0.1, -0.05) is 42.6 Å². The molecule has 1 aromatic carbocycles. The van der Waals surface area contributed by atoms with Gasteiger partial charge in [-0.15, -0.1) is 0 Å². The largest absolute Gasteiger partial charge is 0.376 e. The Morgan fingerprint density at radius 1 is 1.29 bits per heavy atom. The Bertz CT molecular complexity index is 999. The molecule has 2 heterocycles. The van der Waals surface area contributed by atoms with Crippen LogP contribution in [0.3, 0.4) is 0 Å². The number of benzene rings is 1. The number of fused-ring (bicyclic) bond motifs is 1. The summed E-state index contributed by atoms with van der Waals surface area (Å²) >= 11 is 7.50. The first-order chi connectivity index (χ1) is 14.9. The molecule has 0 radical (unpaired) electrons. The van der Waals surface area contributed by atoms with E-state index in [1.54, 1.807) is 22.8 Å². The van der Waals surface area contributed by atoms with Gasteiger partial charge in [-0.3, -0.25) is 14.2 Å². The van der Waals surface area contributed by atoms with Crippen molar-refractivity contribution in [1.82, 2.24) is 14.5 Å². The lowest BCUT2D eigenvalue weighted by atomic mass is 9.94. The number of halogens is 1. The van der Waals surface area contributed by atoms with Gasteiger partial charge in [0.05, 0.1) is 28.8 Å². The Morgan fingerprint density at radius 3 is 2.77 bits per heavy atom. The van der Waals surface area contributed by atoms with Crippen LogP contribution in [-0.2, 0) is 16.1 Å². The summed E-state index contributed by atoms with van der Waals surface area (Å²) in [5, 5.41) is 1.28. The molecule has 6 nitrogen and oxygen atoms in total. The average molecular weight is 464 g/mol. The summed E-state index contributed by atoms with van der Waals surface area (Å²) in [6.45, 7) is 3.07. The van der Waals surface area contributed by atoms with Gasteiger partial charge < -0.3 is 9.64 Å². The van der Waals surface area contributed by atoms with Crippen LogP contribution in [0.25, 0.3) is 10.9 Å². The zero-order valence-corrected chi connectivity index (χ0v) is 19.8. The highest BCUT2D eigenvalue weighted by molar-refractivity contribution is 8.00. The molecule has 2 aliphatic rings. The minimum atomic E-state index is -0.341.